The van der Waals surface area contributed by atoms with Crippen molar-refractivity contribution in [3.05, 3.63) is 54.6 Å². The summed E-state index contributed by atoms with van der Waals surface area (Å²) in [5.41, 5.74) is 1.32. The summed E-state index contributed by atoms with van der Waals surface area (Å²) in [6.45, 7) is 1.83. The van der Waals surface area contributed by atoms with Crippen LogP contribution in [0.3, 0.4) is 0 Å². The number of anilines is 2. The second kappa shape index (κ2) is 4.28. The van der Waals surface area contributed by atoms with Crippen LogP contribution in [0.5, 0.6) is 0 Å². The third kappa shape index (κ3) is 1.86. The van der Waals surface area contributed by atoms with E-state index in [4.69, 9.17) is 0 Å². The molecule has 1 atom stereocenters. The van der Waals surface area contributed by atoms with Gasteiger partial charge in [-0.2, -0.15) is 0 Å². The first kappa shape index (κ1) is 12.0. The maximum atomic E-state index is 12.7. The van der Waals surface area contributed by atoms with Gasteiger partial charge in [-0.3, -0.25) is 0 Å². The lowest BCUT2D eigenvalue weighted by Gasteiger charge is -2.36. The Morgan fingerprint density at radius 1 is 1.00 bits per heavy atom. The quantitative estimate of drug-likeness (QED) is 0.869. The van der Waals surface area contributed by atoms with Gasteiger partial charge in [-0.05, 0) is 31.2 Å². The number of hydrogen-bond donors (Lipinski definition) is 1. The van der Waals surface area contributed by atoms with Gasteiger partial charge >= 0.3 is 0 Å². The fourth-order valence-corrected chi connectivity index (χ4v) is 4.08. The summed E-state index contributed by atoms with van der Waals surface area (Å²) in [4.78, 5) is 0.317. The number of benzene rings is 2. The van der Waals surface area contributed by atoms with Crippen LogP contribution >= 0.6 is 0 Å². The minimum absolute atomic E-state index is 0.317. The van der Waals surface area contributed by atoms with E-state index in [2.05, 4.69) is 5.32 Å². The molecule has 1 heterocycles. The number of nitrogens with zero attached hydrogens (tertiary/aromatic N) is 1. The molecule has 1 unspecified atom stereocenters. The van der Waals surface area contributed by atoms with Crippen LogP contribution in [0.25, 0.3) is 0 Å². The maximum absolute atomic E-state index is 12.7. The molecule has 0 fully saturated rings. The summed E-state index contributed by atoms with van der Waals surface area (Å²) in [5, 5.41) is 3.21. The lowest BCUT2D eigenvalue weighted by atomic mass is 10.3. The number of nitrogens with one attached hydrogen (secondary N) is 1. The molecule has 4 nitrogen and oxygen atoms in total. The molecule has 0 spiro atoms. The molecule has 98 valence electrons. The van der Waals surface area contributed by atoms with E-state index in [-0.39, 0.29) is 6.17 Å². The van der Waals surface area contributed by atoms with Gasteiger partial charge in [0.15, 0.2) is 0 Å². The molecular formula is C14H14N2O2S. The predicted octanol–water partition coefficient (Wildman–Crippen LogP) is 2.65. The monoisotopic (exact) mass is 274 g/mol. The number of hydrogen-bond acceptors (Lipinski definition) is 3. The van der Waals surface area contributed by atoms with E-state index in [1.54, 1.807) is 30.3 Å². The number of fused-ring (bicyclic) bond motifs is 1. The van der Waals surface area contributed by atoms with E-state index in [1.165, 1.54) is 4.31 Å². The largest absolute Gasteiger partial charge is 0.363 e. The van der Waals surface area contributed by atoms with E-state index < -0.39 is 10.0 Å². The van der Waals surface area contributed by atoms with Crippen molar-refractivity contribution < 1.29 is 8.42 Å². The van der Waals surface area contributed by atoms with Gasteiger partial charge in [0.2, 0.25) is 0 Å². The van der Waals surface area contributed by atoms with Crippen LogP contribution in [0.4, 0.5) is 11.4 Å². The number of rotatable bonds is 1. The van der Waals surface area contributed by atoms with E-state index in [9.17, 15) is 8.42 Å². The molecule has 0 saturated carbocycles. The molecule has 2 aromatic rings. The normalized spacial score (nSPS) is 20.5. The molecule has 1 aliphatic heterocycles. The first-order chi connectivity index (χ1) is 9.10. The highest BCUT2D eigenvalue weighted by Crippen LogP contribution is 2.34. The summed E-state index contributed by atoms with van der Waals surface area (Å²) in [5.74, 6) is 0. The SMILES string of the molecule is CC1Nc2ccccc2S(=O)(=O)N1c1ccccc1. The lowest BCUT2D eigenvalue weighted by molar-refractivity contribution is 0.581. The molecule has 5 heteroatoms. The predicted molar refractivity (Wildman–Crippen MR) is 75.6 cm³/mol. The molecule has 1 aliphatic rings. The second-order valence-corrected chi connectivity index (χ2v) is 6.24. The average Bonchev–Trinajstić information content (AvgIpc) is 2.39. The van der Waals surface area contributed by atoms with Gasteiger partial charge in [0.1, 0.15) is 11.1 Å². The highest BCUT2D eigenvalue weighted by Gasteiger charge is 2.35. The number of para-hydroxylation sites is 2. The molecular weight excluding hydrogens is 260 g/mol. The molecule has 3 rings (SSSR count). The average molecular weight is 274 g/mol. The molecule has 0 radical (unpaired) electrons. The van der Waals surface area contributed by atoms with E-state index in [0.717, 1.165) is 0 Å². The van der Waals surface area contributed by atoms with Crippen LogP contribution < -0.4 is 9.62 Å². The first-order valence-corrected chi connectivity index (χ1v) is 7.50. The molecule has 0 aromatic heterocycles. The molecule has 0 saturated heterocycles. The molecule has 0 bridgehead atoms. The lowest BCUT2D eigenvalue weighted by Crippen LogP contribution is -2.47. The fraction of sp³-hybridized carbons (Fsp3) is 0.143. The van der Waals surface area contributed by atoms with Crippen LogP contribution in [0.2, 0.25) is 0 Å². The van der Waals surface area contributed by atoms with E-state index >= 15 is 0 Å². The molecule has 2 aromatic carbocycles. The van der Waals surface area contributed by atoms with Crippen molar-refractivity contribution in [2.75, 3.05) is 9.62 Å². The molecule has 0 aliphatic carbocycles. The topological polar surface area (TPSA) is 49.4 Å². The second-order valence-electron chi connectivity index (χ2n) is 4.45. The smallest absolute Gasteiger partial charge is 0.268 e. The van der Waals surface area contributed by atoms with Crippen molar-refractivity contribution in [2.45, 2.75) is 18.0 Å². The minimum Gasteiger partial charge on any atom is -0.363 e. The summed E-state index contributed by atoms with van der Waals surface area (Å²) in [7, 11) is -3.51. The van der Waals surface area contributed by atoms with E-state index in [1.807, 2.05) is 31.2 Å². The van der Waals surface area contributed by atoms with Crippen molar-refractivity contribution in [1.82, 2.24) is 0 Å². The van der Waals surface area contributed by atoms with Crippen LogP contribution in [0, 0.1) is 0 Å². The Morgan fingerprint density at radius 3 is 2.37 bits per heavy atom. The van der Waals surface area contributed by atoms with Crippen molar-refractivity contribution in [3.63, 3.8) is 0 Å². The highest BCUT2D eigenvalue weighted by molar-refractivity contribution is 7.93. The number of sulfonamides is 1. The molecule has 0 amide bonds. The van der Waals surface area contributed by atoms with E-state index in [0.29, 0.717) is 16.3 Å². The Kier molecular flexibility index (Phi) is 2.71. The standard InChI is InChI=1S/C14H14N2O2S/c1-11-15-13-9-5-6-10-14(13)19(17,18)16(11)12-7-3-2-4-8-12/h2-11,15H,1H3. The van der Waals surface area contributed by atoms with Crippen LogP contribution in [0.15, 0.2) is 59.5 Å². The fourth-order valence-electron chi connectivity index (χ4n) is 2.35. The Bertz CT molecular complexity index is 698. The zero-order chi connectivity index (χ0) is 13.5. The van der Waals surface area contributed by atoms with Gasteiger partial charge in [-0.1, -0.05) is 30.3 Å². The Balaban J connectivity index is 2.19. The third-order valence-corrected chi connectivity index (χ3v) is 5.11. The van der Waals surface area contributed by atoms with Gasteiger partial charge in [-0.15, -0.1) is 0 Å². The minimum atomic E-state index is -3.51. The van der Waals surface area contributed by atoms with Crippen molar-refractivity contribution in [2.24, 2.45) is 0 Å². The zero-order valence-electron chi connectivity index (χ0n) is 10.4. The Morgan fingerprint density at radius 2 is 1.63 bits per heavy atom. The molecule has 19 heavy (non-hydrogen) atoms. The van der Waals surface area contributed by atoms with Crippen LogP contribution in [-0.2, 0) is 10.0 Å². The summed E-state index contributed by atoms with van der Waals surface area (Å²) in [6, 6.07) is 16.1. The van der Waals surface area contributed by atoms with Crippen molar-refractivity contribution in [1.29, 1.82) is 0 Å². The highest BCUT2D eigenvalue weighted by atomic mass is 32.2. The first-order valence-electron chi connectivity index (χ1n) is 6.06. The van der Waals surface area contributed by atoms with Gasteiger partial charge in [0, 0.05) is 0 Å². The Labute approximate surface area is 112 Å². The van der Waals surface area contributed by atoms with Crippen molar-refractivity contribution >= 4 is 21.4 Å². The van der Waals surface area contributed by atoms with Crippen molar-refractivity contribution in [3.8, 4) is 0 Å². The van der Waals surface area contributed by atoms with Gasteiger partial charge in [-0.25, -0.2) is 12.7 Å². The molecule has 1 N–H and O–H groups in total. The maximum Gasteiger partial charge on any atom is 0.268 e. The van der Waals surface area contributed by atoms with Gasteiger partial charge in [0.25, 0.3) is 10.0 Å². The third-order valence-electron chi connectivity index (χ3n) is 3.15. The zero-order valence-corrected chi connectivity index (χ0v) is 11.3. The summed E-state index contributed by atoms with van der Waals surface area (Å²) >= 11 is 0. The summed E-state index contributed by atoms with van der Waals surface area (Å²) in [6.07, 6.45) is -0.317. The Hall–Kier alpha value is -2.01. The summed E-state index contributed by atoms with van der Waals surface area (Å²) < 4.78 is 26.8. The van der Waals surface area contributed by atoms with Gasteiger partial charge < -0.3 is 5.32 Å². The van der Waals surface area contributed by atoms with Crippen LogP contribution in [-0.4, -0.2) is 14.6 Å². The van der Waals surface area contributed by atoms with Gasteiger partial charge in [0.05, 0.1) is 11.4 Å². The van der Waals surface area contributed by atoms with Crippen LogP contribution in [0.1, 0.15) is 6.92 Å².